The maximum Gasteiger partial charge on any atom is 0.0782 e. The van der Waals surface area contributed by atoms with Crippen molar-refractivity contribution in [2.75, 3.05) is 11.9 Å². The van der Waals surface area contributed by atoms with Gasteiger partial charge in [0, 0.05) is 11.9 Å². The van der Waals surface area contributed by atoms with Crippen molar-refractivity contribution in [2.45, 2.75) is 57.0 Å². The molecule has 0 spiro atoms. The van der Waals surface area contributed by atoms with Crippen molar-refractivity contribution >= 4 is 15.9 Å². The smallest absolute Gasteiger partial charge is 0.0782 e. The topological polar surface area (TPSA) is 9.23 Å². The highest BCUT2D eigenvalue weighted by molar-refractivity contribution is 9.09. The standard InChI is InChI=1S/C12H21BrO/c13-10-12(7-4-8-14-12)9-11-5-2-1-3-6-11/h11H,1-10H2. The second-order valence-corrected chi connectivity index (χ2v) is 5.54. The molecule has 0 radical (unpaired) electrons. The van der Waals surface area contributed by atoms with Crippen LogP contribution in [0, 0.1) is 5.92 Å². The van der Waals surface area contributed by atoms with Crippen LogP contribution in [0.25, 0.3) is 0 Å². The normalized spacial score (nSPS) is 34.9. The molecule has 14 heavy (non-hydrogen) atoms. The number of rotatable bonds is 3. The van der Waals surface area contributed by atoms with Crippen LogP contribution < -0.4 is 0 Å². The first-order valence-corrected chi connectivity index (χ1v) is 7.17. The Kier molecular flexibility index (Phi) is 3.89. The lowest BCUT2D eigenvalue weighted by Gasteiger charge is -2.32. The number of alkyl halides is 1. The average Bonchev–Trinajstić information content (AvgIpc) is 2.69. The van der Waals surface area contributed by atoms with Gasteiger partial charge < -0.3 is 4.74 Å². The van der Waals surface area contributed by atoms with Crippen LogP contribution in [0.1, 0.15) is 51.4 Å². The number of hydrogen-bond donors (Lipinski definition) is 0. The Hall–Kier alpha value is 0.440. The van der Waals surface area contributed by atoms with Crippen molar-refractivity contribution in [1.29, 1.82) is 0 Å². The zero-order chi connectivity index (χ0) is 9.86. The Morgan fingerprint density at radius 3 is 2.50 bits per heavy atom. The third kappa shape index (κ3) is 2.52. The van der Waals surface area contributed by atoms with E-state index in [-0.39, 0.29) is 5.60 Å². The first kappa shape index (κ1) is 10.9. The summed E-state index contributed by atoms with van der Waals surface area (Å²) in [5, 5.41) is 1.04. The second-order valence-electron chi connectivity index (χ2n) is 4.98. The fraction of sp³-hybridized carbons (Fsp3) is 1.00. The number of halogens is 1. The highest BCUT2D eigenvalue weighted by atomic mass is 79.9. The average molecular weight is 261 g/mol. The molecule has 1 heterocycles. The Morgan fingerprint density at radius 1 is 1.14 bits per heavy atom. The summed E-state index contributed by atoms with van der Waals surface area (Å²) < 4.78 is 5.95. The first-order chi connectivity index (χ1) is 6.85. The minimum absolute atomic E-state index is 0.210. The van der Waals surface area contributed by atoms with Crippen molar-refractivity contribution < 1.29 is 4.74 Å². The molecule has 0 amide bonds. The molecule has 2 aliphatic rings. The summed E-state index contributed by atoms with van der Waals surface area (Å²) in [7, 11) is 0. The van der Waals surface area contributed by atoms with Gasteiger partial charge >= 0.3 is 0 Å². The maximum absolute atomic E-state index is 5.95. The molecule has 0 bridgehead atoms. The lowest BCUT2D eigenvalue weighted by molar-refractivity contribution is 0.00109. The molecule has 1 atom stereocenters. The highest BCUT2D eigenvalue weighted by Crippen LogP contribution is 2.38. The van der Waals surface area contributed by atoms with Crippen LogP contribution in [-0.4, -0.2) is 17.5 Å². The number of hydrogen-bond acceptors (Lipinski definition) is 1. The van der Waals surface area contributed by atoms with Gasteiger partial charge in [0.25, 0.3) is 0 Å². The molecular weight excluding hydrogens is 240 g/mol. The predicted molar refractivity (Wildman–Crippen MR) is 62.9 cm³/mol. The van der Waals surface area contributed by atoms with E-state index >= 15 is 0 Å². The van der Waals surface area contributed by atoms with Gasteiger partial charge in [-0.3, -0.25) is 0 Å². The summed E-state index contributed by atoms with van der Waals surface area (Å²) in [4.78, 5) is 0. The van der Waals surface area contributed by atoms with Crippen molar-refractivity contribution in [3.05, 3.63) is 0 Å². The quantitative estimate of drug-likeness (QED) is 0.700. The van der Waals surface area contributed by atoms with Crippen LogP contribution in [0.3, 0.4) is 0 Å². The van der Waals surface area contributed by atoms with E-state index in [0.29, 0.717) is 0 Å². The van der Waals surface area contributed by atoms with E-state index in [1.807, 2.05) is 0 Å². The summed E-state index contributed by atoms with van der Waals surface area (Å²) in [6, 6.07) is 0. The molecule has 82 valence electrons. The maximum atomic E-state index is 5.95. The summed E-state index contributed by atoms with van der Waals surface area (Å²) in [5.41, 5.74) is 0.210. The van der Waals surface area contributed by atoms with E-state index in [2.05, 4.69) is 15.9 Å². The molecule has 1 nitrogen and oxygen atoms in total. The molecule has 0 aromatic carbocycles. The van der Waals surface area contributed by atoms with Crippen molar-refractivity contribution in [3.8, 4) is 0 Å². The van der Waals surface area contributed by atoms with Crippen LogP contribution in [0.4, 0.5) is 0 Å². The van der Waals surface area contributed by atoms with Gasteiger partial charge in [0.1, 0.15) is 0 Å². The van der Waals surface area contributed by atoms with Gasteiger partial charge in [-0.25, -0.2) is 0 Å². The van der Waals surface area contributed by atoms with E-state index in [4.69, 9.17) is 4.74 Å². The molecule has 1 unspecified atom stereocenters. The van der Waals surface area contributed by atoms with Crippen molar-refractivity contribution in [2.24, 2.45) is 5.92 Å². The fourth-order valence-corrected chi connectivity index (χ4v) is 3.66. The lowest BCUT2D eigenvalue weighted by atomic mass is 9.80. The summed E-state index contributed by atoms with van der Waals surface area (Å²) >= 11 is 3.64. The fourth-order valence-electron chi connectivity index (χ4n) is 2.99. The second kappa shape index (κ2) is 4.98. The van der Waals surface area contributed by atoms with E-state index in [1.165, 1.54) is 51.4 Å². The van der Waals surface area contributed by atoms with Crippen LogP contribution in [-0.2, 0) is 4.74 Å². The molecule has 0 aromatic heterocycles. The van der Waals surface area contributed by atoms with Gasteiger partial charge in [0.15, 0.2) is 0 Å². The Morgan fingerprint density at radius 2 is 1.93 bits per heavy atom. The Labute approximate surface area is 95.7 Å². The Balaban J connectivity index is 1.86. The molecule has 0 N–H and O–H groups in total. The Bertz CT molecular complexity index is 169. The summed E-state index contributed by atoms with van der Waals surface area (Å²) in [6.07, 6.45) is 11.1. The van der Waals surface area contributed by atoms with Gasteiger partial charge in [-0.05, 0) is 25.2 Å². The van der Waals surface area contributed by atoms with Gasteiger partial charge in [-0.1, -0.05) is 48.0 Å². The summed E-state index contributed by atoms with van der Waals surface area (Å²) in [6.45, 7) is 0.984. The lowest BCUT2D eigenvalue weighted by Crippen LogP contribution is -2.33. The van der Waals surface area contributed by atoms with Crippen molar-refractivity contribution in [3.63, 3.8) is 0 Å². The van der Waals surface area contributed by atoms with E-state index in [9.17, 15) is 0 Å². The number of ether oxygens (including phenoxy) is 1. The SMILES string of the molecule is BrCC1(CC2CCCCC2)CCCO1. The molecule has 1 saturated heterocycles. The molecule has 2 fully saturated rings. The minimum atomic E-state index is 0.210. The molecule has 1 aliphatic heterocycles. The molecule has 2 rings (SSSR count). The monoisotopic (exact) mass is 260 g/mol. The zero-order valence-corrected chi connectivity index (χ0v) is 10.5. The van der Waals surface area contributed by atoms with Crippen LogP contribution >= 0.6 is 15.9 Å². The molecule has 1 aliphatic carbocycles. The zero-order valence-electron chi connectivity index (χ0n) is 8.93. The van der Waals surface area contributed by atoms with Crippen molar-refractivity contribution in [1.82, 2.24) is 0 Å². The first-order valence-electron chi connectivity index (χ1n) is 6.05. The summed E-state index contributed by atoms with van der Waals surface area (Å²) in [5.74, 6) is 0.944. The molecular formula is C12H21BrO. The highest BCUT2D eigenvalue weighted by Gasteiger charge is 2.36. The van der Waals surface area contributed by atoms with Gasteiger partial charge in [-0.2, -0.15) is 0 Å². The molecule has 2 heteroatoms. The third-order valence-electron chi connectivity index (χ3n) is 3.81. The van der Waals surface area contributed by atoms with Crippen LogP contribution in [0.15, 0.2) is 0 Å². The van der Waals surface area contributed by atoms with Gasteiger partial charge in [0.05, 0.1) is 5.60 Å². The minimum Gasteiger partial charge on any atom is -0.374 e. The third-order valence-corrected chi connectivity index (χ3v) is 4.84. The predicted octanol–water partition coefficient (Wildman–Crippen LogP) is 3.90. The molecule has 1 saturated carbocycles. The van der Waals surface area contributed by atoms with Gasteiger partial charge in [-0.15, -0.1) is 0 Å². The van der Waals surface area contributed by atoms with Crippen LogP contribution in [0.5, 0.6) is 0 Å². The van der Waals surface area contributed by atoms with E-state index in [0.717, 1.165) is 17.9 Å². The van der Waals surface area contributed by atoms with Gasteiger partial charge in [0.2, 0.25) is 0 Å². The van der Waals surface area contributed by atoms with Crippen LogP contribution in [0.2, 0.25) is 0 Å². The van der Waals surface area contributed by atoms with E-state index < -0.39 is 0 Å². The van der Waals surface area contributed by atoms with E-state index in [1.54, 1.807) is 0 Å². The molecule has 0 aromatic rings. The largest absolute Gasteiger partial charge is 0.374 e.